The average Bonchev–Trinajstić information content (AvgIpc) is 2.95. The second-order valence-corrected chi connectivity index (χ2v) is 5.64. The molecule has 90 valence electrons. The molecule has 0 spiro atoms. The topological polar surface area (TPSA) is 91.9 Å². The summed E-state index contributed by atoms with van der Waals surface area (Å²) in [5.74, 6) is 0.0973. The molecule has 3 heterocycles. The number of thiazole rings is 1. The third-order valence-corrected chi connectivity index (χ3v) is 4.48. The van der Waals surface area contributed by atoms with Crippen molar-refractivity contribution in [1.29, 1.82) is 5.26 Å². The summed E-state index contributed by atoms with van der Waals surface area (Å²) in [4.78, 5) is 15.5. The van der Waals surface area contributed by atoms with E-state index in [1.807, 2.05) is 17.5 Å². The highest BCUT2D eigenvalue weighted by molar-refractivity contribution is 7.11. The van der Waals surface area contributed by atoms with E-state index in [0.717, 1.165) is 16.2 Å². The van der Waals surface area contributed by atoms with Crippen LogP contribution in [0.15, 0.2) is 33.8 Å². The fraction of sp³-hybridized carbons (Fsp3) is 0.0909. The molecule has 1 aliphatic heterocycles. The normalized spacial score (nSPS) is 18.1. The highest BCUT2D eigenvalue weighted by atomic mass is 32.1. The van der Waals surface area contributed by atoms with Gasteiger partial charge in [0.2, 0.25) is 11.8 Å². The van der Waals surface area contributed by atoms with Crippen LogP contribution in [0.25, 0.3) is 0 Å². The van der Waals surface area contributed by atoms with Crippen molar-refractivity contribution in [2.24, 2.45) is 5.73 Å². The second-order valence-electron chi connectivity index (χ2n) is 3.65. The van der Waals surface area contributed by atoms with Gasteiger partial charge in [-0.3, -0.25) is 9.78 Å². The quantitative estimate of drug-likeness (QED) is 0.830. The van der Waals surface area contributed by atoms with Gasteiger partial charge in [-0.15, -0.1) is 11.3 Å². The maximum atomic E-state index is 11.4. The average molecular weight is 277 g/mol. The number of ether oxygens (including phenoxy) is 1. The van der Waals surface area contributed by atoms with Crippen LogP contribution in [0, 0.1) is 11.3 Å². The summed E-state index contributed by atoms with van der Waals surface area (Å²) in [5.41, 5.74) is 6.08. The number of aromatic amines is 1. The van der Waals surface area contributed by atoms with Crippen molar-refractivity contribution < 1.29 is 4.74 Å². The van der Waals surface area contributed by atoms with Crippen molar-refractivity contribution >= 4 is 22.7 Å². The van der Waals surface area contributed by atoms with Crippen molar-refractivity contribution in [3.63, 3.8) is 0 Å². The van der Waals surface area contributed by atoms with Crippen LogP contribution in [0.1, 0.15) is 15.7 Å². The molecule has 0 radical (unpaired) electrons. The van der Waals surface area contributed by atoms with Gasteiger partial charge in [-0.05, 0) is 11.4 Å². The minimum absolute atomic E-state index is 0.0532. The summed E-state index contributed by atoms with van der Waals surface area (Å²) in [5, 5.41) is 11.1. The van der Waals surface area contributed by atoms with Crippen molar-refractivity contribution in [1.82, 2.24) is 4.98 Å². The van der Waals surface area contributed by atoms with Crippen molar-refractivity contribution in [3.05, 3.63) is 48.4 Å². The van der Waals surface area contributed by atoms with Crippen LogP contribution in [0.2, 0.25) is 0 Å². The molecule has 3 N–H and O–H groups in total. The molecule has 1 atom stereocenters. The standard InChI is InChI=1S/C11H7N3O2S2/c12-4-5-7(6-2-1-3-17-6)8-10(16-9(5)13)14-11(15)18-8/h1-3,7H,13H2,(H,14,15)/t7-/m1/s1. The Bertz CT molecular complexity index is 718. The number of H-pyrrole nitrogens is 1. The van der Waals surface area contributed by atoms with Crippen LogP contribution in [-0.2, 0) is 0 Å². The van der Waals surface area contributed by atoms with Gasteiger partial charge in [-0.25, -0.2) is 0 Å². The lowest BCUT2D eigenvalue weighted by Gasteiger charge is -2.21. The maximum absolute atomic E-state index is 11.4. The molecule has 18 heavy (non-hydrogen) atoms. The van der Waals surface area contributed by atoms with Gasteiger partial charge in [0.15, 0.2) is 0 Å². The number of fused-ring (bicyclic) bond motifs is 1. The molecule has 0 aromatic carbocycles. The summed E-state index contributed by atoms with van der Waals surface area (Å²) in [6, 6.07) is 5.88. The smallest absolute Gasteiger partial charge is 0.307 e. The molecule has 5 nitrogen and oxygen atoms in total. The van der Waals surface area contributed by atoms with Gasteiger partial charge in [-0.2, -0.15) is 5.26 Å². The minimum atomic E-state index is -0.303. The molecule has 0 saturated carbocycles. The third kappa shape index (κ3) is 1.54. The van der Waals surface area contributed by atoms with E-state index >= 15 is 0 Å². The number of nitrogens with one attached hydrogen (secondary N) is 1. The number of allylic oxidation sites excluding steroid dienone is 1. The second kappa shape index (κ2) is 4.01. The molecular weight excluding hydrogens is 270 g/mol. The Morgan fingerprint density at radius 1 is 1.56 bits per heavy atom. The molecular formula is C11H7N3O2S2. The Balaban J connectivity index is 2.25. The Morgan fingerprint density at radius 2 is 2.39 bits per heavy atom. The molecule has 0 saturated heterocycles. The van der Waals surface area contributed by atoms with E-state index in [1.54, 1.807) is 0 Å². The molecule has 7 heteroatoms. The first-order valence-electron chi connectivity index (χ1n) is 5.04. The number of nitrogens with zero attached hydrogens (tertiary/aromatic N) is 1. The zero-order valence-corrected chi connectivity index (χ0v) is 10.6. The van der Waals surface area contributed by atoms with Crippen LogP contribution >= 0.6 is 22.7 Å². The van der Waals surface area contributed by atoms with E-state index < -0.39 is 0 Å². The van der Waals surface area contributed by atoms with Crippen LogP contribution in [0.3, 0.4) is 0 Å². The maximum Gasteiger partial charge on any atom is 0.307 e. The molecule has 0 aliphatic carbocycles. The van der Waals surface area contributed by atoms with Gasteiger partial charge in [0.05, 0.1) is 10.8 Å². The fourth-order valence-corrected chi connectivity index (χ4v) is 3.69. The summed E-state index contributed by atoms with van der Waals surface area (Å²) >= 11 is 2.57. The fourth-order valence-electron chi connectivity index (χ4n) is 1.88. The van der Waals surface area contributed by atoms with Gasteiger partial charge >= 0.3 is 4.87 Å². The van der Waals surface area contributed by atoms with Gasteiger partial charge in [-0.1, -0.05) is 17.4 Å². The highest BCUT2D eigenvalue weighted by Gasteiger charge is 2.33. The van der Waals surface area contributed by atoms with Crippen molar-refractivity contribution in [2.75, 3.05) is 0 Å². The summed E-state index contributed by atoms with van der Waals surface area (Å²) in [6.45, 7) is 0. The van der Waals surface area contributed by atoms with E-state index in [1.165, 1.54) is 11.3 Å². The van der Waals surface area contributed by atoms with Crippen LogP contribution in [0.5, 0.6) is 5.88 Å². The Morgan fingerprint density at radius 3 is 3.06 bits per heavy atom. The van der Waals surface area contributed by atoms with Gasteiger partial charge in [0.25, 0.3) is 0 Å². The first-order chi connectivity index (χ1) is 8.70. The molecule has 0 amide bonds. The molecule has 2 aromatic rings. The molecule has 0 unspecified atom stereocenters. The van der Waals surface area contributed by atoms with Gasteiger partial charge in [0, 0.05) is 4.88 Å². The van der Waals surface area contributed by atoms with E-state index in [-0.39, 0.29) is 16.7 Å². The molecule has 0 fully saturated rings. The van der Waals surface area contributed by atoms with Gasteiger partial charge in [0.1, 0.15) is 11.6 Å². The van der Waals surface area contributed by atoms with Crippen molar-refractivity contribution in [2.45, 2.75) is 5.92 Å². The first kappa shape index (κ1) is 11.1. The summed E-state index contributed by atoms with van der Waals surface area (Å²) in [7, 11) is 0. The minimum Gasteiger partial charge on any atom is -0.423 e. The largest absolute Gasteiger partial charge is 0.423 e. The molecule has 3 rings (SSSR count). The van der Waals surface area contributed by atoms with Crippen molar-refractivity contribution in [3.8, 4) is 11.9 Å². The number of rotatable bonds is 1. The van der Waals surface area contributed by atoms with Crippen LogP contribution in [-0.4, -0.2) is 4.98 Å². The van der Waals surface area contributed by atoms with E-state index in [4.69, 9.17) is 10.5 Å². The first-order valence-corrected chi connectivity index (χ1v) is 6.74. The molecule has 1 aliphatic rings. The van der Waals surface area contributed by atoms with Crippen LogP contribution in [0.4, 0.5) is 0 Å². The molecule has 2 aromatic heterocycles. The summed E-state index contributed by atoms with van der Waals surface area (Å²) in [6.07, 6.45) is 0. The van der Waals surface area contributed by atoms with E-state index in [9.17, 15) is 10.1 Å². The number of nitrogens with two attached hydrogens (primary N) is 1. The van der Waals surface area contributed by atoms with E-state index in [0.29, 0.717) is 16.3 Å². The Hall–Kier alpha value is -2.04. The highest BCUT2D eigenvalue weighted by Crippen LogP contribution is 2.43. The zero-order chi connectivity index (χ0) is 12.7. The lowest BCUT2D eigenvalue weighted by molar-refractivity contribution is 0.382. The number of nitriles is 1. The number of thiophene rings is 1. The predicted molar refractivity (Wildman–Crippen MR) is 68.6 cm³/mol. The van der Waals surface area contributed by atoms with E-state index in [2.05, 4.69) is 11.1 Å². The Kier molecular flexibility index (Phi) is 2.47. The molecule has 0 bridgehead atoms. The zero-order valence-electron chi connectivity index (χ0n) is 8.97. The Labute approximate surface area is 110 Å². The van der Waals surface area contributed by atoms with Crippen LogP contribution < -0.4 is 15.3 Å². The SMILES string of the molecule is N#CC1=C(N)Oc2[nH]c(=O)sc2[C@H]1c1cccs1. The lowest BCUT2D eigenvalue weighted by Crippen LogP contribution is -2.19. The third-order valence-electron chi connectivity index (χ3n) is 2.62. The predicted octanol–water partition coefficient (Wildman–Crippen LogP) is 1.72. The lowest BCUT2D eigenvalue weighted by atomic mass is 9.95. The summed E-state index contributed by atoms with van der Waals surface area (Å²) < 4.78 is 5.28. The number of hydrogen-bond acceptors (Lipinski definition) is 6. The van der Waals surface area contributed by atoms with Gasteiger partial charge < -0.3 is 10.5 Å². The monoisotopic (exact) mass is 277 g/mol. The number of aromatic nitrogens is 1. The number of hydrogen-bond donors (Lipinski definition) is 2.